The quantitative estimate of drug-likeness (QED) is 0.0307. The number of hydrogen-bond donors (Lipinski definition) is 11. The lowest BCUT2D eigenvalue weighted by atomic mass is 9.85. The molecule has 2 spiro atoms. The van der Waals surface area contributed by atoms with E-state index in [0.29, 0.717) is 0 Å². The second kappa shape index (κ2) is 34.4. The van der Waals surface area contributed by atoms with Gasteiger partial charge in [-0.15, -0.1) is 0 Å². The zero-order chi connectivity index (χ0) is 81.4. The number of carbonyl (C=O) groups excluding carboxylic acids is 3. The molecule has 11 N–H and O–H groups in total. The van der Waals surface area contributed by atoms with E-state index in [9.17, 15) is 70.8 Å². The summed E-state index contributed by atoms with van der Waals surface area (Å²) < 4.78 is 152. The van der Waals surface area contributed by atoms with Gasteiger partial charge in [-0.2, -0.15) is 0 Å². The predicted molar refractivity (Wildman–Crippen MR) is 364 cm³/mol. The number of hydroxylamine groups is 2. The van der Waals surface area contributed by atoms with Gasteiger partial charge in [0, 0.05) is 47.3 Å². The van der Waals surface area contributed by atoms with Gasteiger partial charge in [-0.3, -0.25) is 15.2 Å². The molecular formula is C70H99Cl2NO39. The number of phenols is 3. The molecular weight excluding hydrogens is 1550 g/mol. The summed E-state index contributed by atoms with van der Waals surface area (Å²) in [5.41, 5.74) is -3.57. The molecule has 35 unspecified atom stereocenters. The fourth-order valence-electron chi connectivity index (χ4n) is 16.7. The van der Waals surface area contributed by atoms with Crippen molar-refractivity contribution in [2.75, 3.05) is 55.4 Å². The molecule has 632 valence electrons. The number of phenolic OH excluding ortho intramolecular Hbond substituents is 3. The third kappa shape index (κ3) is 16.2. The van der Waals surface area contributed by atoms with Gasteiger partial charge in [-0.05, 0) is 79.5 Å². The lowest BCUT2D eigenvalue weighted by molar-refractivity contribution is -0.417. The highest BCUT2D eigenvalue weighted by molar-refractivity contribution is 6.39. The molecule has 10 heterocycles. The summed E-state index contributed by atoms with van der Waals surface area (Å²) in [5, 5.41) is 124. The first-order valence-corrected chi connectivity index (χ1v) is 37.0. The topological polar surface area (TPSA) is 508 Å². The van der Waals surface area contributed by atoms with E-state index in [1.807, 2.05) is 0 Å². The molecule has 2 aromatic rings. The first-order valence-electron chi connectivity index (χ1n) is 36.3. The summed E-state index contributed by atoms with van der Waals surface area (Å²) in [6, 6.07) is 2.11. The molecule has 0 aromatic heterocycles. The fourth-order valence-corrected chi connectivity index (χ4v) is 17.2. The van der Waals surface area contributed by atoms with Gasteiger partial charge in [-0.1, -0.05) is 28.4 Å². The lowest BCUT2D eigenvalue weighted by Gasteiger charge is -2.50. The summed E-state index contributed by atoms with van der Waals surface area (Å²) in [6.07, 6.45) is -43.4. The number of esters is 2. The fraction of sp³-hybridized carbons (Fsp3) is 0.786. The Morgan fingerprint density at radius 1 is 0.616 bits per heavy atom. The van der Waals surface area contributed by atoms with Gasteiger partial charge in [0.2, 0.25) is 0 Å². The van der Waals surface area contributed by atoms with E-state index in [1.165, 1.54) is 69.3 Å². The monoisotopic (exact) mass is 1650 g/mol. The van der Waals surface area contributed by atoms with Crippen molar-refractivity contribution in [3.8, 4) is 23.0 Å². The SMILES string of the molecule is COCC1OC(OC2OCC3OC4(OCC(OC(=O)c5c(C)cc(O)cc5O)C(OC=O)C4O)OC3C2O)C(OC)C(O)C1OC1OC(C)C(OC)C(OC2OC(C)C3OC4(CC(O)C(OC5CC(OC6CC(C)(N(O)O)C(OC)C(C)O6)C(OC(=O)c6c(C)c(Cl)c(O)c(Cl)c6OC)C(C)O5)C(C)O4)OC3(C)C2O)C1O. The van der Waals surface area contributed by atoms with E-state index >= 15 is 0 Å². The van der Waals surface area contributed by atoms with E-state index in [1.54, 1.807) is 34.6 Å². The first kappa shape index (κ1) is 86.8. The van der Waals surface area contributed by atoms with E-state index < -0.39 is 256 Å². The largest absolute Gasteiger partial charge is 0.508 e. The van der Waals surface area contributed by atoms with Crippen molar-refractivity contribution in [3.63, 3.8) is 0 Å². The standard InChI is InChI=1S/C70H99Cl2NO39/c1-24-15-31(75)16-32(76)40(24)61(84)101-36-22-95-70(57(82)53(36)94-23-74)109-37-21-93-63(46(80)52(37)110-70)107-65-56(91-13)45(79)51(35(102-65)20-88-10)105-64-47(81)55(50(89-11)27(4)98-64)106-66-58(83)68(9)60(30(7)99-66)111-69(112-68)18-33(77)48(28(5)108-69)103-38-17-34(100-39-19-67(8,73(86)87)59(92-14)29(6)97-39)49(26(3)96-38)104-62(85)41-25(2)42(71)44(78)43(72)54(41)90-12/h15-16,23,26-30,33-39,45-53,55-60,63-66,75-83,86-87H,17-22H2,1-14H3. The van der Waals surface area contributed by atoms with Crippen LogP contribution in [0.2, 0.25) is 10.0 Å². The van der Waals surface area contributed by atoms with E-state index in [-0.39, 0.29) is 74.9 Å². The number of halogens is 2. The van der Waals surface area contributed by atoms with Gasteiger partial charge < -0.3 is 164 Å². The van der Waals surface area contributed by atoms with Crippen LogP contribution in [0, 0.1) is 13.8 Å². The molecule has 42 heteroatoms. The number of nitrogens with zero attached hydrogens (tertiary/aromatic N) is 1. The van der Waals surface area contributed by atoms with Crippen LogP contribution in [0.5, 0.6) is 23.0 Å². The van der Waals surface area contributed by atoms with Crippen molar-refractivity contribution in [2.24, 2.45) is 0 Å². The molecule has 12 rings (SSSR count). The number of aliphatic hydroxyl groups excluding tert-OH is 6. The Labute approximate surface area is 651 Å². The smallest absolute Gasteiger partial charge is 0.342 e. The van der Waals surface area contributed by atoms with Crippen molar-refractivity contribution >= 4 is 41.6 Å². The van der Waals surface area contributed by atoms with Crippen LogP contribution in [-0.4, -0.2) is 349 Å². The van der Waals surface area contributed by atoms with Crippen molar-refractivity contribution in [1.29, 1.82) is 0 Å². The number of carbonyl (C=O) groups is 3. The van der Waals surface area contributed by atoms with Crippen LogP contribution in [0.15, 0.2) is 12.1 Å². The van der Waals surface area contributed by atoms with Crippen molar-refractivity contribution < 1.29 is 189 Å². The van der Waals surface area contributed by atoms with Crippen LogP contribution >= 0.6 is 23.2 Å². The van der Waals surface area contributed by atoms with Gasteiger partial charge in [-0.25, -0.2) is 9.59 Å². The summed E-state index contributed by atoms with van der Waals surface area (Å²) in [5.74, 6) is -8.34. The van der Waals surface area contributed by atoms with Crippen molar-refractivity contribution in [2.45, 2.75) is 295 Å². The van der Waals surface area contributed by atoms with E-state index in [2.05, 4.69) is 0 Å². The highest BCUT2D eigenvalue weighted by Crippen LogP contribution is 2.53. The molecule has 0 amide bonds. The normalized spacial score (nSPS) is 44.9. The number of hydrogen-bond acceptors (Lipinski definition) is 40. The van der Waals surface area contributed by atoms with Crippen LogP contribution in [0.25, 0.3) is 0 Å². The molecule has 10 fully saturated rings. The highest BCUT2D eigenvalue weighted by atomic mass is 35.5. The zero-order valence-electron chi connectivity index (χ0n) is 63.4. The van der Waals surface area contributed by atoms with Crippen LogP contribution < -0.4 is 4.74 Å². The molecule has 0 aliphatic carbocycles. The number of ether oxygens (including phenoxy) is 25. The summed E-state index contributed by atoms with van der Waals surface area (Å²) in [4.78, 5) is 39.4. The maximum atomic E-state index is 14.3. The van der Waals surface area contributed by atoms with Crippen LogP contribution in [-0.2, 0) is 118 Å². The molecule has 0 radical (unpaired) electrons. The molecule has 40 nitrogen and oxygen atoms in total. The zero-order valence-corrected chi connectivity index (χ0v) is 64.9. The summed E-state index contributed by atoms with van der Waals surface area (Å²) in [6.45, 7) is 12.6. The molecule has 10 aliphatic heterocycles. The molecule has 2 aromatic carbocycles. The second-order valence-corrected chi connectivity index (χ2v) is 30.5. The lowest BCUT2D eigenvalue weighted by Crippen LogP contribution is -2.68. The molecule has 35 atom stereocenters. The van der Waals surface area contributed by atoms with Crippen molar-refractivity contribution in [1.82, 2.24) is 5.23 Å². The molecule has 0 bridgehead atoms. The maximum absolute atomic E-state index is 14.3. The number of aliphatic hydroxyl groups is 6. The minimum Gasteiger partial charge on any atom is -0.508 e. The third-order valence-corrected chi connectivity index (χ3v) is 23.1. The summed E-state index contributed by atoms with van der Waals surface area (Å²) in [7, 11) is 6.50. The Morgan fingerprint density at radius 2 is 1.29 bits per heavy atom. The van der Waals surface area contributed by atoms with Crippen LogP contribution in [0.3, 0.4) is 0 Å². The van der Waals surface area contributed by atoms with E-state index in [4.69, 9.17) is 142 Å². The Kier molecular flexibility index (Phi) is 26.7. The number of rotatable bonds is 23. The third-order valence-electron chi connectivity index (χ3n) is 22.3. The predicted octanol–water partition coefficient (Wildman–Crippen LogP) is 0.227. The molecule has 10 saturated heterocycles. The number of fused-ring (bicyclic) bond motifs is 2. The second-order valence-electron chi connectivity index (χ2n) is 29.7. The number of methoxy groups -OCH3 is 5. The van der Waals surface area contributed by atoms with E-state index in [0.717, 1.165) is 6.07 Å². The molecule has 0 saturated carbocycles. The average Bonchev–Trinajstić information content (AvgIpc) is 1.56. The Balaban J connectivity index is 0.684. The first-order chi connectivity index (χ1) is 52.9. The van der Waals surface area contributed by atoms with Crippen LogP contribution in [0.4, 0.5) is 0 Å². The molecule has 10 aliphatic rings. The molecule has 112 heavy (non-hydrogen) atoms. The highest BCUT2D eigenvalue weighted by Gasteiger charge is 2.70. The van der Waals surface area contributed by atoms with Crippen LogP contribution in [0.1, 0.15) is 99.6 Å². The Bertz CT molecular complexity index is 3590. The van der Waals surface area contributed by atoms with Gasteiger partial charge in [0.25, 0.3) is 12.4 Å². The minimum atomic E-state index is -2.46. The maximum Gasteiger partial charge on any atom is 0.342 e. The van der Waals surface area contributed by atoms with Gasteiger partial charge >= 0.3 is 17.9 Å². The summed E-state index contributed by atoms with van der Waals surface area (Å²) >= 11 is 12.8. The number of aryl methyl sites for hydroxylation is 1. The van der Waals surface area contributed by atoms with Gasteiger partial charge in [0.05, 0.1) is 75.0 Å². The Hall–Kier alpha value is -4.57. The van der Waals surface area contributed by atoms with Gasteiger partial charge in [0.1, 0.15) is 130 Å². The number of aromatic hydroxyl groups is 3. The Morgan fingerprint density at radius 3 is 1.95 bits per heavy atom. The average molecular weight is 1650 g/mol. The van der Waals surface area contributed by atoms with Crippen molar-refractivity contribution in [3.05, 3.63) is 44.4 Å². The number of benzene rings is 2. The minimum absolute atomic E-state index is 0.0202. The van der Waals surface area contributed by atoms with Gasteiger partial charge in [0.15, 0.2) is 73.7 Å².